The fraction of sp³-hybridized carbons (Fsp3) is 0.267. The topological polar surface area (TPSA) is 42.9 Å². The number of hydrogen-bond donors (Lipinski definition) is 0. The standard InChI is InChI=1S/C15H12Br2Cl2N2O/c16-5-11(9-1-3-13(18)20-7-9)15(22)12(6-17)10-2-4-14(19)21-8-10/h1-4,7-8,11-12H,5-6H2. The van der Waals surface area contributed by atoms with Gasteiger partial charge in [-0.2, -0.15) is 0 Å². The number of nitrogens with zero attached hydrogens (tertiary/aromatic N) is 2. The Kier molecular flexibility index (Phi) is 6.81. The van der Waals surface area contributed by atoms with Gasteiger partial charge in [-0.1, -0.05) is 67.2 Å². The molecule has 0 saturated carbocycles. The third-order valence-corrected chi connectivity index (χ3v) is 5.04. The maximum Gasteiger partial charge on any atom is 0.149 e. The van der Waals surface area contributed by atoms with Gasteiger partial charge in [0.25, 0.3) is 0 Å². The molecule has 2 atom stereocenters. The van der Waals surface area contributed by atoms with E-state index in [1.807, 2.05) is 12.1 Å². The Balaban J connectivity index is 2.29. The van der Waals surface area contributed by atoms with Crippen molar-refractivity contribution in [2.75, 3.05) is 10.7 Å². The van der Waals surface area contributed by atoms with Gasteiger partial charge in [-0.05, 0) is 23.3 Å². The Labute approximate surface area is 155 Å². The summed E-state index contributed by atoms with van der Waals surface area (Å²) in [6.07, 6.45) is 3.27. The largest absolute Gasteiger partial charge is 0.298 e. The van der Waals surface area contributed by atoms with Crippen molar-refractivity contribution in [3.05, 3.63) is 58.1 Å². The number of aromatic nitrogens is 2. The summed E-state index contributed by atoms with van der Waals surface area (Å²) >= 11 is 18.4. The summed E-state index contributed by atoms with van der Waals surface area (Å²) in [4.78, 5) is 21.0. The van der Waals surface area contributed by atoms with E-state index in [1.165, 1.54) is 0 Å². The summed E-state index contributed by atoms with van der Waals surface area (Å²) in [6.45, 7) is 0. The fourth-order valence-corrected chi connectivity index (χ4v) is 3.70. The molecule has 116 valence electrons. The van der Waals surface area contributed by atoms with Crippen LogP contribution in [0.3, 0.4) is 0 Å². The lowest BCUT2D eigenvalue weighted by molar-refractivity contribution is -0.121. The molecule has 22 heavy (non-hydrogen) atoms. The first-order valence-corrected chi connectivity index (χ1v) is 9.45. The SMILES string of the molecule is O=C(C(CBr)c1ccc(Cl)nc1)C(CBr)c1ccc(Cl)nc1. The number of halogens is 4. The molecule has 0 aliphatic carbocycles. The lowest BCUT2D eigenvalue weighted by Gasteiger charge is -2.20. The third kappa shape index (κ3) is 4.28. The highest BCUT2D eigenvalue weighted by Gasteiger charge is 2.28. The summed E-state index contributed by atoms with van der Waals surface area (Å²) in [5, 5.41) is 1.84. The van der Waals surface area contributed by atoms with E-state index >= 15 is 0 Å². The Morgan fingerprint density at radius 1 is 0.909 bits per heavy atom. The van der Waals surface area contributed by atoms with Crippen LogP contribution in [0, 0.1) is 0 Å². The maximum atomic E-state index is 12.9. The van der Waals surface area contributed by atoms with E-state index in [9.17, 15) is 4.79 Å². The summed E-state index contributed by atoms with van der Waals surface area (Å²) in [7, 11) is 0. The molecule has 0 saturated heterocycles. The monoisotopic (exact) mass is 464 g/mol. The second kappa shape index (κ2) is 8.39. The van der Waals surface area contributed by atoms with Crippen LogP contribution in [0.2, 0.25) is 10.3 Å². The predicted molar refractivity (Wildman–Crippen MR) is 96.6 cm³/mol. The molecule has 0 aliphatic heterocycles. The van der Waals surface area contributed by atoms with E-state index in [0.29, 0.717) is 21.0 Å². The number of hydrogen-bond acceptors (Lipinski definition) is 3. The quantitative estimate of drug-likeness (QED) is 0.444. The highest BCUT2D eigenvalue weighted by atomic mass is 79.9. The van der Waals surface area contributed by atoms with E-state index in [0.717, 1.165) is 11.1 Å². The molecule has 0 spiro atoms. The normalized spacial score (nSPS) is 13.6. The van der Waals surface area contributed by atoms with Crippen LogP contribution in [0.25, 0.3) is 0 Å². The molecule has 2 heterocycles. The molecule has 0 radical (unpaired) electrons. The number of ketones is 1. The van der Waals surface area contributed by atoms with Crippen LogP contribution >= 0.6 is 55.1 Å². The minimum atomic E-state index is -0.303. The zero-order valence-corrected chi connectivity index (χ0v) is 16.0. The number of alkyl halides is 2. The van der Waals surface area contributed by atoms with Crippen molar-refractivity contribution < 1.29 is 4.79 Å². The highest BCUT2D eigenvalue weighted by molar-refractivity contribution is 9.09. The average molecular weight is 467 g/mol. The molecule has 0 amide bonds. The Hall–Kier alpha value is -0.490. The summed E-state index contributed by atoms with van der Waals surface area (Å²) in [5.41, 5.74) is 1.67. The van der Waals surface area contributed by atoms with E-state index in [2.05, 4.69) is 41.8 Å². The lowest BCUT2D eigenvalue weighted by Crippen LogP contribution is -2.23. The summed E-state index contributed by atoms with van der Waals surface area (Å²) in [6, 6.07) is 7.02. The molecule has 0 fully saturated rings. The van der Waals surface area contributed by atoms with Gasteiger partial charge in [-0.25, -0.2) is 9.97 Å². The molecule has 3 nitrogen and oxygen atoms in total. The van der Waals surface area contributed by atoms with Crippen LogP contribution in [0.15, 0.2) is 36.7 Å². The molecule has 2 rings (SSSR count). The van der Waals surface area contributed by atoms with Crippen molar-refractivity contribution >= 4 is 60.8 Å². The van der Waals surface area contributed by atoms with Gasteiger partial charge in [0.15, 0.2) is 0 Å². The summed E-state index contributed by atoms with van der Waals surface area (Å²) < 4.78 is 0. The molecule has 2 aromatic heterocycles. The van der Waals surface area contributed by atoms with Crippen LogP contribution in [0.4, 0.5) is 0 Å². The molecule has 0 bridgehead atoms. The van der Waals surface area contributed by atoms with E-state index in [4.69, 9.17) is 23.2 Å². The van der Waals surface area contributed by atoms with E-state index < -0.39 is 0 Å². The van der Waals surface area contributed by atoms with Crippen molar-refractivity contribution in [1.82, 2.24) is 9.97 Å². The van der Waals surface area contributed by atoms with Crippen LogP contribution in [0.1, 0.15) is 23.0 Å². The van der Waals surface area contributed by atoms with E-state index in [1.54, 1.807) is 24.5 Å². The fourth-order valence-electron chi connectivity index (χ4n) is 2.09. The molecular weight excluding hydrogens is 455 g/mol. The Morgan fingerprint density at radius 2 is 1.32 bits per heavy atom. The Morgan fingerprint density at radius 3 is 1.59 bits per heavy atom. The average Bonchev–Trinajstić information content (AvgIpc) is 2.52. The molecular formula is C15H12Br2Cl2N2O. The van der Waals surface area contributed by atoms with Gasteiger partial charge < -0.3 is 0 Å². The minimum Gasteiger partial charge on any atom is -0.298 e. The molecule has 0 N–H and O–H groups in total. The van der Waals surface area contributed by atoms with Crippen LogP contribution < -0.4 is 0 Å². The first-order chi connectivity index (χ1) is 10.6. The van der Waals surface area contributed by atoms with Crippen LogP contribution in [0.5, 0.6) is 0 Å². The number of rotatable bonds is 6. The van der Waals surface area contributed by atoms with Crippen molar-refractivity contribution in [2.45, 2.75) is 11.8 Å². The van der Waals surface area contributed by atoms with Gasteiger partial charge in [0.2, 0.25) is 0 Å². The number of carbonyl (C=O) groups is 1. The number of Topliss-reactive ketones (excluding diaryl/α,β-unsaturated/α-hetero) is 1. The predicted octanol–water partition coefficient (Wildman–Crippen LogP) is 5.01. The van der Waals surface area contributed by atoms with Crippen molar-refractivity contribution in [2.24, 2.45) is 0 Å². The molecule has 2 unspecified atom stereocenters. The zero-order valence-electron chi connectivity index (χ0n) is 11.3. The van der Waals surface area contributed by atoms with Gasteiger partial charge >= 0.3 is 0 Å². The van der Waals surface area contributed by atoms with Gasteiger partial charge in [0.05, 0.1) is 11.8 Å². The molecule has 0 aromatic carbocycles. The van der Waals surface area contributed by atoms with Gasteiger partial charge in [-0.15, -0.1) is 0 Å². The first-order valence-electron chi connectivity index (χ1n) is 6.45. The molecule has 7 heteroatoms. The maximum absolute atomic E-state index is 12.9. The second-order valence-electron chi connectivity index (χ2n) is 4.64. The first kappa shape index (κ1) is 17.9. The zero-order chi connectivity index (χ0) is 16.1. The van der Waals surface area contributed by atoms with Crippen molar-refractivity contribution in [3.63, 3.8) is 0 Å². The van der Waals surface area contributed by atoms with Gasteiger partial charge in [0, 0.05) is 23.1 Å². The minimum absolute atomic E-state index is 0.0852. The van der Waals surface area contributed by atoms with Gasteiger partial charge in [-0.3, -0.25) is 4.79 Å². The van der Waals surface area contributed by atoms with Gasteiger partial charge in [0.1, 0.15) is 16.1 Å². The second-order valence-corrected chi connectivity index (χ2v) is 6.71. The van der Waals surface area contributed by atoms with E-state index in [-0.39, 0.29) is 17.6 Å². The summed E-state index contributed by atoms with van der Waals surface area (Å²) in [5.74, 6) is -0.520. The third-order valence-electron chi connectivity index (χ3n) is 3.30. The lowest BCUT2D eigenvalue weighted by atomic mass is 9.87. The number of carbonyl (C=O) groups excluding carboxylic acids is 1. The van der Waals surface area contributed by atoms with Crippen molar-refractivity contribution in [1.29, 1.82) is 0 Å². The highest BCUT2D eigenvalue weighted by Crippen LogP contribution is 2.29. The molecule has 2 aromatic rings. The Bertz CT molecular complexity index is 579. The van der Waals surface area contributed by atoms with Crippen LogP contribution in [-0.4, -0.2) is 26.4 Å². The van der Waals surface area contributed by atoms with Crippen molar-refractivity contribution in [3.8, 4) is 0 Å². The molecule has 0 aliphatic rings. The number of pyridine rings is 2. The van der Waals surface area contributed by atoms with Crippen LogP contribution in [-0.2, 0) is 4.79 Å². The smallest absolute Gasteiger partial charge is 0.149 e.